The predicted octanol–water partition coefficient (Wildman–Crippen LogP) is 2.00. The molecule has 0 aliphatic carbocycles. The molecule has 2 aromatic heterocycles. The molecule has 164 valence electrons. The number of aromatic nitrogens is 4. The van der Waals surface area contributed by atoms with Gasteiger partial charge >= 0.3 is 5.97 Å². The number of rotatable bonds is 10. The lowest BCUT2D eigenvalue weighted by Crippen LogP contribution is -2.18. The Morgan fingerprint density at radius 3 is 2.90 bits per heavy atom. The van der Waals surface area contributed by atoms with Gasteiger partial charge in [-0.15, -0.1) is 21.5 Å². The molecular formula is C18H19FN6O4S2. The van der Waals surface area contributed by atoms with E-state index in [4.69, 9.17) is 15.3 Å². The molecule has 0 saturated carbocycles. The number of thioether (sulfide) groups is 1. The number of nitrogen functional groups attached to an aromatic ring is 1. The van der Waals surface area contributed by atoms with Gasteiger partial charge in [0.2, 0.25) is 11.1 Å². The monoisotopic (exact) mass is 466 g/mol. The first kappa shape index (κ1) is 22.5. The number of thiazole rings is 1. The summed E-state index contributed by atoms with van der Waals surface area (Å²) >= 11 is 2.28. The quantitative estimate of drug-likeness (QED) is 0.261. The molecule has 0 aliphatic heterocycles. The zero-order chi connectivity index (χ0) is 22.2. The second-order valence-corrected chi connectivity index (χ2v) is 7.75. The number of para-hydroxylation sites is 1. The average Bonchev–Trinajstić information content (AvgIpc) is 3.32. The van der Waals surface area contributed by atoms with E-state index >= 15 is 0 Å². The van der Waals surface area contributed by atoms with E-state index in [2.05, 4.69) is 20.5 Å². The number of hydrogen-bond donors (Lipinski definition) is 2. The van der Waals surface area contributed by atoms with Crippen LogP contribution in [0.2, 0.25) is 0 Å². The van der Waals surface area contributed by atoms with E-state index in [1.165, 1.54) is 28.1 Å². The molecule has 10 nitrogen and oxygen atoms in total. The molecule has 0 radical (unpaired) electrons. The first-order valence-corrected chi connectivity index (χ1v) is 10.9. The number of ether oxygens (including phenoxy) is 2. The van der Waals surface area contributed by atoms with E-state index < -0.39 is 5.82 Å². The van der Waals surface area contributed by atoms with Crippen molar-refractivity contribution in [1.82, 2.24) is 19.9 Å². The Morgan fingerprint density at radius 2 is 2.13 bits per heavy atom. The van der Waals surface area contributed by atoms with Crippen LogP contribution in [-0.4, -0.2) is 44.1 Å². The highest BCUT2D eigenvalue weighted by Gasteiger charge is 2.15. The van der Waals surface area contributed by atoms with Crippen LogP contribution in [0.5, 0.6) is 5.75 Å². The molecule has 3 aromatic rings. The smallest absolute Gasteiger partial charge is 0.311 e. The number of nitrogens with one attached hydrogen (secondary N) is 1. The summed E-state index contributed by atoms with van der Waals surface area (Å²) in [4.78, 5) is 27.8. The average molecular weight is 467 g/mol. The normalized spacial score (nSPS) is 10.6. The number of halogens is 1. The van der Waals surface area contributed by atoms with Crippen molar-refractivity contribution in [3.8, 4) is 5.75 Å². The number of hydrogen-bond acceptors (Lipinski definition) is 10. The van der Waals surface area contributed by atoms with Crippen molar-refractivity contribution in [3.05, 3.63) is 47.0 Å². The third kappa shape index (κ3) is 6.39. The molecule has 31 heavy (non-hydrogen) atoms. The summed E-state index contributed by atoms with van der Waals surface area (Å²) < 4.78 is 25.0. The molecule has 0 bridgehead atoms. The number of anilines is 1. The Bertz CT molecular complexity index is 1060. The van der Waals surface area contributed by atoms with Crippen molar-refractivity contribution in [2.24, 2.45) is 0 Å². The van der Waals surface area contributed by atoms with Crippen molar-refractivity contribution in [1.29, 1.82) is 0 Å². The molecule has 0 unspecified atom stereocenters. The summed E-state index contributed by atoms with van der Waals surface area (Å²) in [6.07, 6.45) is 0.0446. The third-order valence-electron chi connectivity index (χ3n) is 3.69. The molecule has 3 N–H and O–H groups in total. The van der Waals surface area contributed by atoms with Crippen LogP contribution in [0.25, 0.3) is 0 Å². The molecule has 3 rings (SSSR count). The summed E-state index contributed by atoms with van der Waals surface area (Å²) in [6, 6.07) is 5.97. The summed E-state index contributed by atoms with van der Waals surface area (Å²) in [5, 5.41) is 12.8. The topological polar surface area (TPSA) is 134 Å². The van der Waals surface area contributed by atoms with Crippen molar-refractivity contribution in [3.63, 3.8) is 0 Å². The first-order valence-electron chi connectivity index (χ1n) is 9.05. The summed E-state index contributed by atoms with van der Waals surface area (Å²) in [7, 11) is 0. The number of carbonyl (C=O) groups is 2. The van der Waals surface area contributed by atoms with E-state index in [9.17, 15) is 14.0 Å². The van der Waals surface area contributed by atoms with Crippen molar-refractivity contribution in [2.75, 3.05) is 23.5 Å². The summed E-state index contributed by atoms with van der Waals surface area (Å²) in [5.74, 6) is 5.09. The van der Waals surface area contributed by atoms with Gasteiger partial charge < -0.3 is 20.6 Å². The maximum atomic E-state index is 13.6. The third-order valence-corrected chi connectivity index (χ3v) is 5.44. The van der Waals surface area contributed by atoms with E-state index in [1.807, 2.05) is 0 Å². The van der Waals surface area contributed by atoms with Crippen LogP contribution in [0.1, 0.15) is 18.4 Å². The number of amides is 1. The van der Waals surface area contributed by atoms with Crippen LogP contribution in [0, 0.1) is 5.82 Å². The van der Waals surface area contributed by atoms with E-state index in [0.717, 1.165) is 11.8 Å². The minimum Gasteiger partial charge on any atom is -0.482 e. The summed E-state index contributed by atoms with van der Waals surface area (Å²) in [5.41, 5.74) is 0.521. The highest BCUT2D eigenvalue weighted by Crippen LogP contribution is 2.20. The highest BCUT2D eigenvalue weighted by atomic mass is 32.2. The highest BCUT2D eigenvalue weighted by molar-refractivity contribution is 7.99. The zero-order valence-corrected chi connectivity index (χ0v) is 18.0. The van der Waals surface area contributed by atoms with E-state index in [1.54, 1.807) is 24.4 Å². The van der Waals surface area contributed by atoms with E-state index in [-0.39, 0.29) is 42.2 Å². The Labute approximate surface area is 184 Å². The van der Waals surface area contributed by atoms with Gasteiger partial charge in [0.1, 0.15) is 6.61 Å². The molecule has 0 aliphatic rings. The predicted molar refractivity (Wildman–Crippen MR) is 113 cm³/mol. The van der Waals surface area contributed by atoms with Crippen LogP contribution in [-0.2, 0) is 27.4 Å². The van der Waals surface area contributed by atoms with Gasteiger partial charge in [-0.05, 0) is 19.1 Å². The molecule has 1 amide bonds. The van der Waals surface area contributed by atoms with Gasteiger partial charge in [-0.1, -0.05) is 23.9 Å². The SMILES string of the molecule is CCOC(=O)Cc1csc(NC(=O)CSc2nnc(COc3ccccc3F)n2N)n1. The maximum absolute atomic E-state index is 13.6. The molecule has 0 spiro atoms. The number of benzene rings is 1. The summed E-state index contributed by atoms with van der Waals surface area (Å²) in [6.45, 7) is 1.94. The van der Waals surface area contributed by atoms with Crippen LogP contribution in [0.15, 0.2) is 34.8 Å². The van der Waals surface area contributed by atoms with Gasteiger partial charge in [-0.2, -0.15) is 0 Å². The fourth-order valence-corrected chi connectivity index (χ4v) is 3.70. The number of esters is 1. The Morgan fingerprint density at radius 1 is 1.32 bits per heavy atom. The lowest BCUT2D eigenvalue weighted by atomic mass is 10.3. The van der Waals surface area contributed by atoms with Crippen molar-refractivity contribution in [2.45, 2.75) is 25.1 Å². The lowest BCUT2D eigenvalue weighted by molar-refractivity contribution is -0.142. The second-order valence-electron chi connectivity index (χ2n) is 5.95. The van der Waals surface area contributed by atoms with Gasteiger partial charge in [0, 0.05) is 5.38 Å². The Hall–Kier alpha value is -3.19. The molecule has 1 aromatic carbocycles. The van der Waals surface area contributed by atoms with E-state index in [0.29, 0.717) is 22.6 Å². The zero-order valence-electron chi connectivity index (χ0n) is 16.4. The molecule has 0 saturated heterocycles. The molecule has 2 heterocycles. The second kappa shape index (κ2) is 10.7. The largest absolute Gasteiger partial charge is 0.482 e. The van der Waals surface area contributed by atoms with Crippen LogP contribution >= 0.6 is 23.1 Å². The van der Waals surface area contributed by atoms with Crippen LogP contribution in [0.4, 0.5) is 9.52 Å². The lowest BCUT2D eigenvalue weighted by Gasteiger charge is -2.07. The number of nitrogens with zero attached hydrogens (tertiary/aromatic N) is 4. The number of nitrogens with two attached hydrogens (primary N) is 1. The van der Waals surface area contributed by atoms with Gasteiger partial charge in [0.25, 0.3) is 0 Å². The molecular weight excluding hydrogens is 447 g/mol. The molecule has 0 atom stereocenters. The Balaban J connectivity index is 1.48. The molecule has 13 heteroatoms. The maximum Gasteiger partial charge on any atom is 0.311 e. The standard InChI is InChI=1S/C18H19FN6O4S2/c1-2-28-16(27)7-11-9-30-17(21-11)22-15(26)10-31-18-24-23-14(25(18)20)8-29-13-6-4-3-5-12(13)19/h3-6,9H,2,7-8,10,20H2,1H3,(H,21,22,26). The van der Waals surface area contributed by atoms with Gasteiger partial charge in [-0.3, -0.25) is 9.59 Å². The minimum absolute atomic E-state index is 0.0102. The number of carbonyl (C=O) groups excluding carboxylic acids is 2. The fraction of sp³-hybridized carbons (Fsp3) is 0.278. The van der Waals surface area contributed by atoms with Crippen molar-refractivity contribution >= 4 is 40.1 Å². The molecule has 0 fully saturated rings. The van der Waals surface area contributed by atoms with Gasteiger partial charge in [-0.25, -0.2) is 14.1 Å². The van der Waals surface area contributed by atoms with Gasteiger partial charge in [0.05, 0.1) is 24.5 Å². The Kier molecular flexibility index (Phi) is 7.78. The fourth-order valence-electron chi connectivity index (χ4n) is 2.30. The van der Waals surface area contributed by atoms with Gasteiger partial charge in [0.15, 0.2) is 22.5 Å². The van der Waals surface area contributed by atoms with Crippen LogP contribution < -0.4 is 15.9 Å². The van der Waals surface area contributed by atoms with Crippen LogP contribution in [0.3, 0.4) is 0 Å². The minimum atomic E-state index is -0.496. The first-order chi connectivity index (χ1) is 15.0. The van der Waals surface area contributed by atoms with Crippen molar-refractivity contribution < 1.29 is 23.5 Å².